The number of hydrogen-bond donors (Lipinski definition) is 0. The summed E-state index contributed by atoms with van der Waals surface area (Å²) >= 11 is 3.40. The molecule has 1 unspecified atom stereocenters. The summed E-state index contributed by atoms with van der Waals surface area (Å²) in [5.41, 5.74) is 0. The van der Waals surface area contributed by atoms with E-state index in [1.165, 1.54) is 13.4 Å². The summed E-state index contributed by atoms with van der Waals surface area (Å²) in [4.78, 5) is 0. The molecule has 62 valence electrons. The third-order valence-electron chi connectivity index (χ3n) is 0.522. The topological polar surface area (TPSA) is 35.5 Å². The van der Waals surface area contributed by atoms with Crippen molar-refractivity contribution in [1.29, 1.82) is 0 Å². The Balaban J connectivity index is 0. The molecule has 0 saturated heterocycles. The molecule has 0 heterocycles. The molecule has 0 aliphatic heterocycles. The largest absolute Gasteiger partial charge is 0.491 e. The van der Waals surface area contributed by atoms with Gasteiger partial charge in [-0.25, -0.2) is 4.21 Å². The van der Waals surface area contributed by atoms with E-state index in [1.807, 2.05) is 0 Å². The van der Waals surface area contributed by atoms with Crippen molar-refractivity contribution in [2.24, 2.45) is 0 Å². The van der Waals surface area contributed by atoms with Gasteiger partial charge in [0.05, 0.1) is 14.2 Å². The van der Waals surface area contributed by atoms with Crippen LogP contribution in [0.3, 0.4) is 0 Å². The van der Waals surface area contributed by atoms with Gasteiger partial charge in [-0.2, -0.15) is 0 Å². The van der Waals surface area contributed by atoms with Crippen LogP contribution in [0.5, 0.6) is 0 Å². The SMILES string of the molecule is COC(C)=S.COS(C)=O. The van der Waals surface area contributed by atoms with Gasteiger partial charge in [0.25, 0.3) is 0 Å². The van der Waals surface area contributed by atoms with Crippen LogP contribution in [0.2, 0.25) is 0 Å². The second-order valence-corrected chi connectivity index (χ2v) is 2.97. The van der Waals surface area contributed by atoms with E-state index in [-0.39, 0.29) is 0 Å². The molecule has 0 spiro atoms. The summed E-state index contributed by atoms with van der Waals surface area (Å²) < 4.78 is 18.4. The maximum absolute atomic E-state index is 9.70. The molecule has 0 amide bonds. The van der Waals surface area contributed by atoms with E-state index in [9.17, 15) is 4.21 Å². The van der Waals surface area contributed by atoms with Crippen molar-refractivity contribution in [2.45, 2.75) is 6.92 Å². The molecule has 0 bridgehead atoms. The van der Waals surface area contributed by atoms with Crippen molar-refractivity contribution in [3.05, 3.63) is 0 Å². The first kappa shape index (κ1) is 12.7. The van der Waals surface area contributed by atoms with E-state index < -0.39 is 11.1 Å². The van der Waals surface area contributed by atoms with E-state index in [2.05, 4.69) is 21.1 Å². The van der Waals surface area contributed by atoms with Gasteiger partial charge in [0.15, 0.2) is 16.1 Å². The monoisotopic (exact) mass is 184 g/mol. The average Bonchev–Trinajstić information content (AvgIpc) is 1.89. The molecule has 1 atom stereocenters. The first-order valence-corrected chi connectivity index (χ1v) is 4.36. The lowest BCUT2D eigenvalue weighted by atomic mass is 10.9. The van der Waals surface area contributed by atoms with Crippen LogP contribution < -0.4 is 0 Å². The average molecular weight is 184 g/mol. The van der Waals surface area contributed by atoms with Crippen molar-refractivity contribution in [1.82, 2.24) is 0 Å². The van der Waals surface area contributed by atoms with Gasteiger partial charge in [0, 0.05) is 13.2 Å². The smallest absolute Gasteiger partial charge is 0.156 e. The quantitative estimate of drug-likeness (QED) is 0.567. The zero-order valence-corrected chi connectivity index (χ0v) is 8.17. The Bertz CT molecular complexity index is 99.5. The molecule has 3 nitrogen and oxygen atoms in total. The predicted molar refractivity (Wildman–Crippen MR) is 46.4 cm³/mol. The minimum absolute atomic E-state index is 0.588. The lowest BCUT2D eigenvalue weighted by Crippen LogP contribution is -1.84. The van der Waals surface area contributed by atoms with Crippen molar-refractivity contribution < 1.29 is 13.1 Å². The van der Waals surface area contributed by atoms with Crippen LogP contribution in [0.15, 0.2) is 0 Å². The molecule has 0 fully saturated rings. The fraction of sp³-hybridized carbons (Fsp3) is 0.800. The molecule has 0 aliphatic rings. The fourth-order valence-corrected chi connectivity index (χ4v) is 0. The Morgan fingerprint density at radius 2 is 1.70 bits per heavy atom. The molecule has 10 heavy (non-hydrogen) atoms. The Hall–Kier alpha value is -0.0000000000000000555. The van der Waals surface area contributed by atoms with Gasteiger partial charge in [0.1, 0.15) is 0 Å². The maximum Gasteiger partial charge on any atom is 0.156 e. The van der Waals surface area contributed by atoms with E-state index in [4.69, 9.17) is 0 Å². The number of methoxy groups -OCH3 is 1. The van der Waals surface area contributed by atoms with Crippen LogP contribution in [0.25, 0.3) is 0 Å². The first-order valence-electron chi connectivity index (χ1n) is 2.47. The summed E-state index contributed by atoms with van der Waals surface area (Å²) in [7, 11) is 2.96. The van der Waals surface area contributed by atoms with Crippen LogP contribution >= 0.6 is 12.2 Å². The lowest BCUT2D eigenvalue weighted by molar-refractivity contribution is 0.411. The Morgan fingerprint density at radius 1 is 1.50 bits per heavy atom. The second-order valence-electron chi connectivity index (χ2n) is 1.26. The minimum Gasteiger partial charge on any atom is -0.491 e. The van der Waals surface area contributed by atoms with Gasteiger partial charge in [-0.3, -0.25) is 4.18 Å². The van der Waals surface area contributed by atoms with Crippen LogP contribution in [0, 0.1) is 0 Å². The Kier molecular flexibility index (Phi) is 11.4. The van der Waals surface area contributed by atoms with Crippen LogP contribution in [0.4, 0.5) is 0 Å². The highest BCUT2D eigenvalue weighted by Gasteiger charge is 1.72. The fourth-order valence-electron chi connectivity index (χ4n) is 0. The molecule has 0 aliphatic carbocycles. The highest BCUT2D eigenvalue weighted by Crippen LogP contribution is 1.68. The number of thiocarbonyl (C=S) groups is 1. The van der Waals surface area contributed by atoms with Crippen LogP contribution in [-0.2, 0) is 20.0 Å². The van der Waals surface area contributed by atoms with Crippen molar-refractivity contribution in [3.8, 4) is 0 Å². The van der Waals surface area contributed by atoms with E-state index in [0.717, 1.165) is 0 Å². The maximum atomic E-state index is 9.70. The molecule has 0 aromatic heterocycles. The molecule has 0 N–H and O–H groups in total. The van der Waals surface area contributed by atoms with Crippen molar-refractivity contribution in [3.63, 3.8) is 0 Å². The number of rotatable bonds is 1. The third kappa shape index (κ3) is 24.5. The summed E-state index contributed by atoms with van der Waals surface area (Å²) in [6, 6.07) is 0. The van der Waals surface area contributed by atoms with Crippen LogP contribution in [0.1, 0.15) is 6.92 Å². The zero-order chi connectivity index (χ0) is 8.57. The van der Waals surface area contributed by atoms with Gasteiger partial charge < -0.3 is 4.74 Å². The highest BCUT2D eigenvalue weighted by molar-refractivity contribution is 7.80. The lowest BCUT2D eigenvalue weighted by Gasteiger charge is -1.85. The zero-order valence-electron chi connectivity index (χ0n) is 6.54. The highest BCUT2D eigenvalue weighted by atomic mass is 32.2. The molecule has 0 aromatic carbocycles. The summed E-state index contributed by atoms with van der Waals surface area (Å²) in [6.07, 6.45) is 1.47. The van der Waals surface area contributed by atoms with E-state index >= 15 is 0 Å². The summed E-state index contributed by atoms with van der Waals surface area (Å²) in [5.74, 6) is 0. The van der Waals surface area contributed by atoms with E-state index in [1.54, 1.807) is 14.0 Å². The van der Waals surface area contributed by atoms with Gasteiger partial charge in [-0.15, -0.1) is 0 Å². The third-order valence-corrected chi connectivity index (χ3v) is 1.16. The minimum atomic E-state index is -1.07. The molecular formula is C5H12O3S2. The van der Waals surface area contributed by atoms with Gasteiger partial charge >= 0.3 is 0 Å². The molecule has 5 heteroatoms. The van der Waals surface area contributed by atoms with Crippen molar-refractivity contribution >= 4 is 28.3 Å². The normalized spacial score (nSPS) is 10.8. The first-order chi connectivity index (χ1) is 4.54. The molecular weight excluding hydrogens is 172 g/mol. The molecule has 0 aromatic rings. The van der Waals surface area contributed by atoms with E-state index in [0.29, 0.717) is 5.05 Å². The molecule has 0 rings (SSSR count). The standard InChI is InChI=1S/C3H6OS.C2H6O2S/c1-3(5)4-2;1-4-5(2)3/h2*1-2H3. The summed E-state index contributed by atoms with van der Waals surface area (Å²) in [6.45, 7) is 1.73. The number of hydrogen-bond acceptors (Lipinski definition) is 4. The second kappa shape index (κ2) is 9.00. The molecule has 0 radical (unpaired) electrons. The van der Waals surface area contributed by atoms with Crippen molar-refractivity contribution in [2.75, 3.05) is 20.5 Å². The Morgan fingerprint density at radius 3 is 1.70 bits per heavy atom. The number of ether oxygens (including phenoxy) is 1. The van der Waals surface area contributed by atoms with Gasteiger partial charge in [-0.05, 0) is 12.2 Å². The van der Waals surface area contributed by atoms with Gasteiger partial charge in [0.2, 0.25) is 0 Å². The Labute approximate surface area is 69.4 Å². The van der Waals surface area contributed by atoms with Gasteiger partial charge in [-0.1, -0.05) is 0 Å². The predicted octanol–water partition coefficient (Wildman–Crippen LogP) is 0.906. The van der Waals surface area contributed by atoms with Crippen LogP contribution in [-0.4, -0.2) is 29.7 Å². The summed E-state index contributed by atoms with van der Waals surface area (Å²) in [5, 5.41) is 0.588. The molecule has 0 saturated carbocycles.